The average Bonchev–Trinajstić information content (AvgIpc) is 2.64. The normalized spacial score (nSPS) is 15.6. The number of carbonyl (C=O) groups excluding carboxylic acids is 3. The van der Waals surface area contributed by atoms with E-state index < -0.39 is 0 Å². The van der Waals surface area contributed by atoms with E-state index in [1.165, 1.54) is 0 Å². The standard InChI is InChI=1S/C19H27ClN4O4/c1-3-28-19(27)24-10-8-14(9-11-24)21-17(25)12-23(2)13-18(26)22-16-7-5-4-6-15(16)20/h4-7,14H,3,8-13H2,1-2H3,(H,21,25)(H,22,26)/p+1. The van der Waals surface area contributed by atoms with E-state index in [4.69, 9.17) is 16.3 Å². The number of halogens is 1. The van der Waals surface area contributed by atoms with Gasteiger partial charge in [0.25, 0.3) is 11.8 Å². The number of quaternary nitrogens is 1. The molecular weight excluding hydrogens is 384 g/mol. The Hall–Kier alpha value is -2.32. The van der Waals surface area contributed by atoms with Crippen molar-refractivity contribution >= 4 is 35.2 Å². The van der Waals surface area contributed by atoms with Crippen LogP contribution < -0.4 is 15.5 Å². The third-order valence-corrected chi connectivity index (χ3v) is 4.79. The number of anilines is 1. The number of benzene rings is 1. The Kier molecular flexibility index (Phi) is 8.53. The SMILES string of the molecule is CCOC(=O)N1CCC(NC(=O)C[NH+](C)CC(=O)Nc2ccccc2Cl)CC1. The van der Waals surface area contributed by atoms with E-state index >= 15 is 0 Å². The Morgan fingerprint density at radius 2 is 1.82 bits per heavy atom. The van der Waals surface area contributed by atoms with E-state index in [9.17, 15) is 14.4 Å². The molecule has 1 aliphatic heterocycles. The van der Waals surface area contributed by atoms with Gasteiger partial charge in [0.1, 0.15) is 0 Å². The Labute approximate surface area is 170 Å². The number of carbonyl (C=O) groups is 3. The van der Waals surface area contributed by atoms with Gasteiger partial charge in [-0.3, -0.25) is 9.59 Å². The van der Waals surface area contributed by atoms with E-state index in [1.807, 2.05) is 0 Å². The highest BCUT2D eigenvalue weighted by molar-refractivity contribution is 6.33. The van der Waals surface area contributed by atoms with Crippen molar-refractivity contribution in [1.82, 2.24) is 10.2 Å². The molecule has 3 amide bonds. The molecule has 1 aliphatic rings. The molecule has 2 rings (SSSR count). The molecule has 1 heterocycles. The molecule has 3 N–H and O–H groups in total. The van der Waals surface area contributed by atoms with Crippen LogP contribution in [-0.2, 0) is 14.3 Å². The lowest BCUT2D eigenvalue weighted by molar-refractivity contribution is -0.862. The first-order valence-electron chi connectivity index (χ1n) is 9.45. The number of piperidine rings is 1. The average molecular weight is 412 g/mol. The van der Waals surface area contributed by atoms with Gasteiger partial charge in [-0.1, -0.05) is 23.7 Å². The fourth-order valence-electron chi connectivity index (χ4n) is 3.07. The van der Waals surface area contributed by atoms with Gasteiger partial charge < -0.3 is 25.2 Å². The lowest BCUT2D eigenvalue weighted by Gasteiger charge is -2.31. The molecule has 154 valence electrons. The zero-order valence-electron chi connectivity index (χ0n) is 16.3. The molecule has 1 atom stereocenters. The summed E-state index contributed by atoms with van der Waals surface area (Å²) < 4.78 is 4.99. The van der Waals surface area contributed by atoms with Crippen LogP contribution in [0.1, 0.15) is 19.8 Å². The molecule has 28 heavy (non-hydrogen) atoms. The summed E-state index contributed by atoms with van der Waals surface area (Å²) in [6.07, 6.45) is 1.08. The number of para-hydroxylation sites is 1. The third-order valence-electron chi connectivity index (χ3n) is 4.46. The van der Waals surface area contributed by atoms with Crippen LogP contribution in [0.5, 0.6) is 0 Å². The topological polar surface area (TPSA) is 92.2 Å². The summed E-state index contributed by atoms with van der Waals surface area (Å²) in [4.78, 5) is 38.5. The predicted octanol–water partition coefficient (Wildman–Crippen LogP) is 0.530. The number of nitrogens with zero attached hydrogens (tertiary/aromatic N) is 1. The van der Waals surface area contributed by atoms with Crippen molar-refractivity contribution in [3.63, 3.8) is 0 Å². The summed E-state index contributed by atoms with van der Waals surface area (Å²) in [6.45, 7) is 3.60. The molecule has 8 nitrogen and oxygen atoms in total. The van der Waals surface area contributed by atoms with Crippen molar-refractivity contribution in [3.05, 3.63) is 29.3 Å². The van der Waals surface area contributed by atoms with Crippen molar-refractivity contribution in [2.75, 3.05) is 45.2 Å². The second-order valence-corrected chi connectivity index (χ2v) is 7.27. The monoisotopic (exact) mass is 411 g/mol. The lowest BCUT2D eigenvalue weighted by atomic mass is 10.1. The number of hydrogen-bond donors (Lipinski definition) is 3. The van der Waals surface area contributed by atoms with E-state index in [-0.39, 0.29) is 37.0 Å². The van der Waals surface area contributed by atoms with Crippen LogP contribution in [-0.4, -0.2) is 68.7 Å². The molecule has 0 bridgehead atoms. The van der Waals surface area contributed by atoms with Gasteiger partial charge >= 0.3 is 6.09 Å². The minimum atomic E-state index is -0.305. The predicted molar refractivity (Wildman–Crippen MR) is 106 cm³/mol. The highest BCUT2D eigenvalue weighted by Crippen LogP contribution is 2.19. The van der Waals surface area contributed by atoms with E-state index in [0.717, 1.165) is 4.90 Å². The van der Waals surface area contributed by atoms with Crippen molar-refractivity contribution in [2.45, 2.75) is 25.8 Å². The lowest BCUT2D eigenvalue weighted by Crippen LogP contribution is -3.11. The molecule has 1 fully saturated rings. The van der Waals surface area contributed by atoms with Crippen LogP contribution in [0.2, 0.25) is 5.02 Å². The minimum absolute atomic E-state index is 0.0305. The van der Waals surface area contributed by atoms with Gasteiger partial charge in [-0.05, 0) is 31.9 Å². The fraction of sp³-hybridized carbons (Fsp3) is 0.526. The van der Waals surface area contributed by atoms with Crippen LogP contribution in [0.25, 0.3) is 0 Å². The number of hydrogen-bond acceptors (Lipinski definition) is 4. The first-order valence-corrected chi connectivity index (χ1v) is 9.83. The third kappa shape index (κ3) is 7.01. The maximum absolute atomic E-state index is 12.2. The van der Waals surface area contributed by atoms with Gasteiger partial charge in [0.2, 0.25) is 0 Å². The van der Waals surface area contributed by atoms with Crippen LogP contribution in [0.3, 0.4) is 0 Å². The number of nitrogens with one attached hydrogen (secondary N) is 3. The largest absolute Gasteiger partial charge is 0.450 e. The molecule has 0 saturated carbocycles. The molecule has 1 saturated heterocycles. The molecule has 9 heteroatoms. The first-order chi connectivity index (χ1) is 13.4. The summed E-state index contributed by atoms with van der Waals surface area (Å²) in [5.74, 6) is -0.321. The van der Waals surface area contributed by atoms with Gasteiger partial charge in [0.05, 0.1) is 24.4 Å². The number of likely N-dealkylation sites (tertiary alicyclic amines) is 1. The molecule has 0 spiro atoms. The van der Waals surface area contributed by atoms with Gasteiger partial charge in [-0.2, -0.15) is 0 Å². The Balaban J connectivity index is 1.69. The maximum Gasteiger partial charge on any atom is 0.409 e. The highest BCUT2D eigenvalue weighted by Gasteiger charge is 2.25. The van der Waals surface area contributed by atoms with Crippen molar-refractivity contribution in [2.24, 2.45) is 0 Å². The van der Waals surface area contributed by atoms with Gasteiger partial charge in [-0.15, -0.1) is 0 Å². The van der Waals surface area contributed by atoms with Crippen molar-refractivity contribution in [3.8, 4) is 0 Å². The first kappa shape index (κ1) is 22.0. The summed E-state index contributed by atoms with van der Waals surface area (Å²) in [7, 11) is 1.79. The second-order valence-electron chi connectivity index (χ2n) is 6.87. The zero-order valence-corrected chi connectivity index (χ0v) is 17.1. The van der Waals surface area contributed by atoms with Crippen LogP contribution in [0, 0.1) is 0 Å². The fourth-order valence-corrected chi connectivity index (χ4v) is 3.25. The number of likely N-dealkylation sites (N-methyl/N-ethyl adjacent to an activating group) is 1. The van der Waals surface area contributed by atoms with Gasteiger partial charge in [0, 0.05) is 19.1 Å². The summed E-state index contributed by atoms with van der Waals surface area (Å²) in [5.41, 5.74) is 0.555. The van der Waals surface area contributed by atoms with E-state index in [2.05, 4.69) is 10.6 Å². The number of rotatable bonds is 7. The molecule has 1 unspecified atom stereocenters. The number of amides is 3. The van der Waals surface area contributed by atoms with Crippen molar-refractivity contribution < 1.29 is 24.0 Å². The van der Waals surface area contributed by atoms with Gasteiger partial charge in [0.15, 0.2) is 13.1 Å². The summed E-state index contributed by atoms with van der Waals surface area (Å²) >= 11 is 6.03. The minimum Gasteiger partial charge on any atom is -0.450 e. The van der Waals surface area contributed by atoms with E-state index in [0.29, 0.717) is 43.2 Å². The van der Waals surface area contributed by atoms with Crippen LogP contribution >= 0.6 is 11.6 Å². The van der Waals surface area contributed by atoms with E-state index in [1.54, 1.807) is 43.1 Å². The Morgan fingerprint density at radius 3 is 2.46 bits per heavy atom. The maximum atomic E-state index is 12.2. The molecule has 0 aliphatic carbocycles. The molecule has 1 aromatic rings. The Bertz CT molecular complexity index is 692. The smallest absolute Gasteiger partial charge is 0.409 e. The summed E-state index contributed by atoms with van der Waals surface area (Å²) in [6, 6.07) is 7.04. The highest BCUT2D eigenvalue weighted by atomic mass is 35.5. The van der Waals surface area contributed by atoms with Crippen LogP contribution in [0.4, 0.5) is 10.5 Å². The van der Waals surface area contributed by atoms with Crippen molar-refractivity contribution in [1.29, 1.82) is 0 Å². The number of ether oxygens (including phenoxy) is 1. The zero-order chi connectivity index (χ0) is 20.5. The quantitative estimate of drug-likeness (QED) is 0.610. The van der Waals surface area contributed by atoms with Gasteiger partial charge in [-0.25, -0.2) is 4.79 Å². The molecular formula is C19H28ClN4O4+. The van der Waals surface area contributed by atoms with Crippen LogP contribution in [0.15, 0.2) is 24.3 Å². The molecule has 1 aromatic carbocycles. The Morgan fingerprint density at radius 1 is 1.18 bits per heavy atom. The molecule has 0 radical (unpaired) electrons. The summed E-state index contributed by atoms with van der Waals surface area (Å²) in [5, 5.41) is 6.20. The molecule has 0 aromatic heterocycles. The second kappa shape index (κ2) is 10.9.